The fourth-order valence-electron chi connectivity index (χ4n) is 4.22. The zero-order valence-electron chi connectivity index (χ0n) is 16.3. The molecule has 4 atom stereocenters. The molecule has 1 aromatic carbocycles. The molecule has 4 rings (SSSR count). The van der Waals surface area contributed by atoms with Crippen LogP contribution in [0.4, 0.5) is 0 Å². The molecule has 1 aromatic heterocycles. The highest BCUT2D eigenvalue weighted by Crippen LogP contribution is 2.54. The van der Waals surface area contributed by atoms with Crippen LogP contribution in [-0.2, 0) is 11.2 Å². The molecule has 0 saturated heterocycles. The lowest BCUT2D eigenvalue weighted by Crippen LogP contribution is -2.22. The Balaban J connectivity index is 1.50. The third kappa shape index (κ3) is 4.23. The molecule has 148 valence electrons. The number of aryl methyl sites for hydroxylation is 2. The zero-order valence-corrected chi connectivity index (χ0v) is 17.9. The zero-order chi connectivity index (χ0) is 19.7. The molecule has 0 amide bonds. The van der Waals surface area contributed by atoms with Gasteiger partial charge in [-0.3, -0.25) is 4.79 Å². The van der Waals surface area contributed by atoms with Crippen LogP contribution in [0.25, 0.3) is 0 Å². The van der Waals surface area contributed by atoms with E-state index < -0.39 is 11.2 Å². The van der Waals surface area contributed by atoms with Crippen molar-refractivity contribution in [2.45, 2.75) is 72.4 Å². The van der Waals surface area contributed by atoms with Gasteiger partial charge in [0.15, 0.2) is 0 Å². The maximum atomic E-state index is 11.9. The van der Waals surface area contributed by atoms with Crippen LogP contribution in [0.2, 0.25) is 0 Å². The quantitative estimate of drug-likeness (QED) is 0.508. The molecule has 1 aliphatic heterocycles. The van der Waals surface area contributed by atoms with E-state index in [1.54, 1.807) is 6.33 Å². The number of carbonyl (C=O) groups is 1. The van der Waals surface area contributed by atoms with Gasteiger partial charge in [-0.15, -0.1) is 11.8 Å². The van der Waals surface area contributed by atoms with Crippen LogP contribution in [0.5, 0.6) is 0 Å². The van der Waals surface area contributed by atoms with Gasteiger partial charge in [0, 0.05) is 16.7 Å². The smallest absolute Gasteiger partial charge is 0.317 e. The van der Waals surface area contributed by atoms with Gasteiger partial charge in [0.1, 0.15) is 21.6 Å². The first-order valence-corrected chi connectivity index (χ1v) is 11.7. The Morgan fingerprint density at radius 2 is 2.07 bits per heavy atom. The topological polar surface area (TPSA) is 63.1 Å². The second kappa shape index (κ2) is 8.46. The Kier molecular flexibility index (Phi) is 5.97. The molecule has 0 radical (unpaired) electrons. The highest BCUT2D eigenvalue weighted by atomic mass is 32.2. The van der Waals surface area contributed by atoms with Gasteiger partial charge in [-0.2, -0.15) is 0 Å². The number of carboxylic acid groups (broad SMARTS) is 1. The van der Waals surface area contributed by atoms with Crippen LogP contribution >= 0.6 is 23.5 Å². The summed E-state index contributed by atoms with van der Waals surface area (Å²) in [5.41, 5.74) is 3.62. The number of benzene rings is 1. The summed E-state index contributed by atoms with van der Waals surface area (Å²) >= 11 is 3.29. The summed E-state index contributed by atoms with van der Waals surface area (Å²) in [4.78, 5) is 21.0. The number of nitrogens with zero attached hydrogens (tertiary/aromatic N) is 2. The van der Waals surface area contributed by atoms with Gasteiger partial charge >= 0.3 is 5.97 Å². The predicted octanol–water partition coefficient (Wildman–Crippen LogP) is 5.34. The molecule has 4 nitrogen and oxygen atoms in total. The number of fused-ring (bicyclic) bond motifs is 3. The van der Waals surface area contributed by atoms with Crippen LogP contribution in [0.1, 0.15) is 55.2 Å². The van der Waals surface area contributed by atoms with Crippen molar-refractivity contribution < 1.29 is 9.90 Å². The van der Waals surface area contributed by atoms with E-state index in [1.165, 1.54) is 41.3 Å². The number of thioether (sulfide) groups is 2. The van der Waals surface area contributed by atoms with E-state index >= 15 is 0 Å². The Morgan fingerprint density at radius 1 is 1.29 bits per heavy atom. The standard InChI is InChI=1S/C22H26N2O2S2/c1-13-3-6-15(7-4-13)8-10-17(22(25)26)27-20-19-16-9-5-14(2)11-18(16)28-21(19)24-12-23-20/h3-4,6-7,12,14,16-18H,5,8-11H2,1-2H3,(H,25,26). The van der Waals surface area contributed by atoms with Gasteiger partial charge in [0.05, 0.1) is 0 Å². The molecule has 4 unspecified atom stereocenters. The first kappa shape index (κ1) is 19.8. The maximum Gasteiger partial charge on any atom is 0.317 e. The molecule has 1 saturated carbocycles. The summed E-state index contributed by atoms with van der Waals surface area (Å²) in [6.07, 6.45) is 6.57. The molecule has 6 heteroatoms. The highest BCUT2D eigenvalue weighted by Gasteiger charge is 2.40. The minimum Gasteiger partial charge on any atom is -0.480 e. The number of carboxylic acids is 1. The normalized spacial score (nSPS) is 24.4. The van der Waals surface area contributed by atoms with Crippen molar-refractivity contribution in [1.29, 1.82) is 0 Å². The van der Waals surface area contributed by atoms with Gasteiger partial charge in [-0.1, -0.05) is 54.9 Å². The molecular formula is C22H26N2O2S2. The average Bonchev–Trinajstić information content (AvgIpc) is 3.04. The Hall–Kier alpha value is -1.53. The van der Waals surface area contributed by atoms with Gasteiger partial charge in [-0.05, 0) is 44.1 Å². The molecule has 2 aliphatic rings. The van der Waals surface area contributed by atoms with Crippen LogP contribution in [-0.4, -0.2) is 31.5 Å². The lowest BCUT2D eigenvalue weighted by atomic mass is 9.80. The van der Waals surface area contributed by atoms with E-state index in [4.69, 9.17) is 0 Å². The summed E-state index contributed by atoms with van der Waals surface area (Å²) in [6, 6.07) is 8.34. The van der Waals surface area contributed by atoms with E-state index in [9.17, 15) is 9.90 Å². The maximum absolute atomic E-state index is 11.9. The van der Waals surface area contributed by atoms with Crippen LogP contribution in [0.3, 0.4) is 0 Å². The minimum absolute atomic E-state index is 0.478. The summed E-state index contributed by atoms with van der Waals surface area (Å²) in [6.45, 7) is 4.39. The van der Waals surface area contributed by atoms with Gasteiger partial charge in [0.2, 0.25) is 0 Å². The molecule has 1 fully saturated rings. The molecular weight excluding hydrogens is 388 g/mol. The van der Waals surface area contributed by atoms with Gasteiger partial charge < -0.3 is 5.11 Å². The monoisotopic (exact) mass is 414 g/mol. The first-order chi connectivity index (χ1) is 13.5. The van der Waals surface area contributed by atoms with Gasteiger partial charge in [0.25, 0.3) is 0 Å². The third-order valence-electron chi connectivity index (χ3n) is 5.84. The fraction of sp³-hybridized carbons (Fsp3) is 0.500. The molecule has 28 heavy (non-hydrogen) atoms. The number of aliphatic carboxylic acids is 1. The summed E-state index contributed by atoms with van der Waals surface area (Å²) in [5.74, 6) is 0.476. The lowest BCUT2D eigenvalue weighted by molar-refractivity contribution is -0.136. The fourth-order valence-corrected chi connectivity index (χ4v) is 7.01. The van der Waals surface area contributed by atoms with Crippen LogP contribution in [0, 0.1) is 12.8 Å². The largest absolute Gasteiger partial charge is 0.480 e. The molecule has 0 bridgehead atoms. The molecule has 2 aromatic rings. The van der Waals surface area contributed by atoms with E-state index in [-0.39, 0.29) is 0 Å². The second-order valence-corrected chi connectivity index (χ2v) is 10.5. The average molecular weight is 415 g/mol. The van der Waals surface area contributed by atoms with Crippen LogP contribution in [0.15, 0.2) is 40.6 Å². The van der Waals surface area contributed by atoms with Crippen molar-refractivity contribution in [3.8, 4) is 0 Å². The number of hydrogen-bond donors (Lipinski definition) is 1. The van der Waals surface area contributed by atoms with E-state index in [0.717, 1.165) is 28.8 Å². The second-order valence-electron chi connectivity index (χ2n) is 8.05. The highest BCUT2D eigenvalue weighted by molar-refractivity contribution is 8.01. The number of rotatable bonds is 6. The van der Waals surface area contributed by atoms with E-state index in [2.05, 4.69) is 48.1 Å². The molecule has 0 spiro atoms. The van der Waals surface area contributed by atoms with Crippen molar-refractivity contribution in [3.63, 3.8) is 0 Å². The number of aromatic nitrogens is 2. The summed E-state index contributed by atoms with van der Waals surface area (Å²) in [7, 11) is 0. The van der Waals surface area contributed by atoms with Crippen LogP contribution < -0.4 is 0 Å². The molecule has 1 N–H and O–H groups in total. The Morgan fingerprint density at radius 3 is 2.82 bits per heavy atom. The third-order valence-corrected chi connectivity index (χ3v) is 8.49. The van der Waals surface area contributed by atoms with Crippen molar-refractivity contribution in [2.75, 3.05) is 0 Å². The number of hydrogen-bond acceptors (Lipinski definition) is 5. The van der Waals surface area contributed by atoms with Crippen molar-refractivity contribution in [3.05, 3.63) is 47.3 Å². The Bertz CT molecular complexity index is 856. The van der Waals surface area contributed by atoms with Crippen molar-refractivity contribution in [1.82, 2.24) is 9.97 Å². The first-order valence-electron chi connectivity index (χ1n) is 9.98. The summed E-state index contributed by atoms with van der Waals surface area (Å²) in [5, 5.41) is 11.8. The van der Waals surface area contributed by atoms with E-state index in [1.807, 2.05) is 11.8 Å². The van der Waals surface area contributed by atoms with Crippen molar-refractivity contribution >= 4 is 29.5 Å². The van der Waals surface area contributed by atoms with Gasteiger partial charge in [-0.25, -0.2) is 9.97 Å². The Labute approximate surface area is 174 Å². The van der Waals surface area contributed by atoms with E-state index in [0.29, 0.717) is 17.6 Å². The minimum atomic E-state index is -0.760. The lowest BCUT2D eigenvalue weighted by Gasteiger charge is -2.29. The molecule has 1 aliphatic carbocycles. The SMILES string of the molecule is Cc1ccc(CCC(Sc2ncnc3c2C2CCC(C)CC2S3)C(=O)O)cc1. The predicted molar refractivity (Wildman–Crippen MR) is 114 cm³/mol. The molecule has 2 heterocycles. The van der Waals surface area contributed by atoms with Crippen molar-refractivity contribution in [2.24, 2.45) is 5.92 Å². The summed E-state index contributed by atoms with van der Waals surface area (Å²) < 4.78 is 0.